The monoisotopic (exact) mass is 309 g/mol. The molecule has 0 saturated carbocycles. The van der Waals surface area contributed by atoms with Gasteiger partial charge < -0.3 is 4.90 Å². The SMILES string of the molecule is O=C(c1n[nH]c2ccccc12)N1CC=C(c2cccs2)CC1. The number of para-hydroxylation sites is 1. The molecule has 0 aliphatic carbocycles. The largest absolute Gasteiger partial charge is 0.333 e. The van der Waals surface area contributed by atoms with Crippen LogP contribution in [0.5, 0.6) is 0 Å². The third-order valence-electron chi connectivity index (χ3n) is 4.01. The fourth-order valence-electron chi connectivity index (χ4n) is 2.81. The number of hydrogen-bond donors (Lipinski definition) is 1. The van der Waals surface area contributed by atoms with E-state index in [1.165, 1.54) is 10.5 Å². The predicted molar refractivity (Wildman–Crippen MR) is 88.9 cm³/mol. The van der Waals surface area contributed by atoms with Crippen molar-refractivity contribution in [3.63, 3.8) is 0 Å². The molecular weight excluding hydrogens is 294 g/mol. The Balaban J connectivity index is 1.57. The summed E-state index contributed by atoms with van der Waals surface area (Å²) in [4.78, 5) is 15.8. The van der Waals surface area contributed by atoms with Gasteiger partial charge in [-0.3, -0.25) is 9.89 Å². The number of carbonyl (C=O) groups excluding carboxylic acids is 1. The molecule has 1 aliphatic heterocycles. The Labute approximate surface area is 132 Å². The Morgan fingerprint density at radius 3 is 2.91 bits per heavy atom. The van der Waals surface area contributed by atoms with Gasteiger partial charge in [-0.1, -0.05) is 30.3 Å². The molecule has 4 rings (SSSR count). The van der Waals surface area contributed by atoms with Crippen molar-refractivity contribution in [1.29, 1.82) is 0 Å². The lowest BCUT2D eigenvalue weighted by molar-refractivity contribution is 0.0769. The molecule has 0 atom stereocenters. The summed E-state index contributed by atoms with van der Waals surface area (Å²) in [6.07, 6.45) is 3.05. The third-order valence-corrected chi connectivity index (χ3v) is 4.95. The summed E-state index contributed by atoms with van der Waals surface area (Å²) in [6, 6.07) is 11.9. The highest BCUT2D eigenvalue weighted by molar-refractivity contribution is 7.11. The van der Waals surface area contributed by atoms with E-state index >= 15 is 0 Å². The molecule has 0 unspecified atom stereocenters. The number of fused-ring (bicyclic) bond motifs is 1. The van der Waals surface area contributed by atoms with Crippen molar-refractivity contribution >= 4 is 33.7 Å². The van der Waals surface area contributed by atoms with E-state index in [-0.39, 0.29) is 5.91 Å². The molecule has 0 spiro atoms. The van der Waals surface area contributed by atoms with E-state index in [0.717, 1.165) is 23.9 Å². The lowest BCUT2D eigenvalue weighted by Crippen LogP contribution is -2.34. The predicted octanol–water partition coefficient (Wildman–Crippen LogP) is 3.55. The average molecular weight is 309 g/mol. The minimum Gasteiger partial charge on any atom is -0.333 e. The van der Waals surface area contributed by atoms with Crippen molar-refractivity contribution in [2.45, 2.75) is 6.42 Å². The minimum absolute atomic E-state index is 0.000991. The van der Waals surface area contributed by atoms with Crippen LogP contribution in [0.25, 0.3) is 16.5 Å². The number of nitrogens with one attached hydrogen (secondary N) is 1. The molecule has 5 heteroatoms. The highest BCUT2D eigenvalue weighted by atomic mass is 32.1. The van der Waals surface area contributed by atoms with Crippen molar-refractivity contribution < 1.29 is 4.79 Å². The second-order valence-electron chi connectivity index (χ2n) is 5.33. The quantitative estimate of drug-likeness (QED) is 0.787. The zero-order chi connectivity index (χ0) is 14.9. The summed E-state index contributed by atoms with van der Waals surface area (Å²) in [5, 5.41) is 10.1. The van der Waals surface area contributed by atoms with Gasteiger partial charge in [0.15, 0.2) is 5.69 Å². The van der Waals surface area contributed by atoms with Crippen LogP contribution < -0.4 is 0 Å². The van der Waals surface area contributed by atoms with E-state index in [0.29, 0.717) is 12.2 Å². The van der Waals surface area contributed by atoms with Crippen molar-refractivity contribution in [2.75, 3.05) is 13.1 Å². The highest BCUT2D eigenvalue weighted by Gasteiger charge is 2.23. The Hall–Kier alpha value is -2.40. The van der Waals surface area contributed by atoms with Crippen LogP contribution in [-0.2, 0) is 0 Å². The number of H-pyrrole nitrogens is 1. The maximum Gasteiger partial charge on any atom is 0.275 e. The second-order valence-corrected chi connectivity index (χ2v) is 6.27. The standard InChI is InChI=1S/C17H15N3OS/c21-17(16-13-4-1-2-5-14(13)18-19-16)20-9-7-12(8-10-20)15-6-3-11-22-15/h1-7,11H,8-10H2,(H,18,19). The number of aromatic nitrogens is 2. The molecule has 2 aromatic heterocycles. The van der Waals surface area contributed by atoms with Crippen LogP contribution >= 0.6 is 11.3 Å². The molecule has 110 valence electrons. The Morgan fingerprint density at radius 2 is 2.14 bits per heavy atom. The number of carbonyl (C=O) groups is 1. The van der Waals surface area contributed by atoms with Crippen LogP contribution in [0.2, 0.25) is 0 Å². The third kappa shape index (κ3) is 2.23. The fraction of sp³-hybridized carbons (Fsp3) is 0.176. The molecule has 3 heterocycles. The van der Waals surface area contributed by atoms with Gasteiger partial charge in [0.1, 0.15) is 0 Å². The van der Waals surface area contributed by atoms with Crippen molar-refractivity contribution in [3.8, 4) is 0 Å². The van der Waals surface area contributed by atoms with Crippen LogP contribution in [0.4, 0.5) is 0 Å². The van der Waals surface area contributed by atoms with E-state index in [4.69, 9.17) is 0 Å². The maximum absolute atomic E-state index is 12.7. The first-order valence-corrected chi connectivity index (χ1v) is 8.16. The molecular formula is C17H15N3OS. The molecule has 0 saturated heterocycles. The summed E-state index contributed by atoms with van der Waals surface area (Å²) >= 11 is 1.75. The van der Waals surface area contributed by atoms with Gasteiger partial charge in [-0.05, 0) is 29.5 Å². The zero-order valence-electron chi connectivity index (χ0n) is 12.0. The average Bonchev–Trinajstić information content (AvgIpc) is 3.24. The van der Waals surface area contributed by atoms with E-state index < -0.39 is 0 Å². The summed E-state index contributed by atoms with van der Waals surface area (Å²) < 4.78 is 0. The molecule has 1 aliphatic rings. The van der Waals surface area contributed by atoms with Crippen LogP contribution in [0.15, 0.2) is 47.9 Å². The first-order chi connectivity index (χ1) is 10.8. The summed E-state index contributed by atoms with van der Waals surface area (Å²) in [5.41, 5.74) is 2.76. The van der Waals surface area contributed by atoms with Gasteiger partial charge in [0, 0.05) is 23.4 Å². The second kappa shape index (κ2) is 5.42. The Morgan fingerprint density at radius 1 is 1.23 bits per heavy atom. The van der Waals surface area contributed by atoms with E-state index in [1.807, 2.05) is 29.2 Å². The van der Waals surface area contributed by atoms with Gasteiger partial charge in [0.2, 0.25) is 0 Å². The molecule has 1 aromatic carbocycles. The Bertz CT molecular complexity index is 848. The maximum atomic E-state index is 12.7. The number of thiophene rings is 1. The molecule has 0 radical (unpaired) electrons. The van der Waals surface area contributed by atoms with Gasteiger partial charge in [0.25, 0.3) is 5.91 Å². The smallest absolute Gasteiger partial charge is 0.275 e. The molecule has 22 heavy (non-hydrogen) atoms. The van der Waals surface area contributed by atoms with Crippen LogP contribution in [0.1, 0.15) is 21.8 Å². The lowest BCUT2D eigenvalue weighted by Gasteiger charge is -2.25. The number of hydrogen-bond acceptors (Lipinski definition) is 3. The van der Waals surface area contributed by atoms with Gasteiger partial charge in [0.05, 0.1) is 5.52 Å². The molecule has 1 amide bonds. The molecule has 0 bridgehead atoms. The van der Waals surface area contributed by atoms with E-state index in [2.05, 4.69) is 33.8 Å². The van der Waals surface area contributed by atoms with E-state index in [1.54, 1.807) is 11.3 Å². The number of rotatable bonds is 2. The number of amides is 1. The Kier molecular flexibility index (Phi) is 3.27. The number of aromatic amines is 1. The highest BCUT2D eigenvalue weighted by Crippen LogP contribution is 2.27. The first kappa shape index (κ1) is 13.3. The van der Waals surface area contributed by atoms with Crippen LogP contribution in [0.3, 0.4) is 0 Å². The summed E-state index contributed by atoms with van der Waals surface area (Å²) in [7, 11) is 0. The lowest BCUT2D eigenvalue weighted by atomic mass is 10.1. The minimum atomic E-state index is -0.000991. The molecule has 3 aromatic rings. The fourth-order valence-corrected chi connectivity index (χ4v) is 3.61. The van der Waals surface area contributed by atoms with Gasteiger partial charge in [-0.2, -0.15) is 5.10 Å². The van der Waals surface area contributed by atoms with Gasteiger partial charge in [-0.25, -0.2) is 0 Å². The number of nitrogens with zero attached hydrogens (tertiary/aromatic N) is 2. The topological polar surface area (TPSA) is 49.0 Å². The normalized spacial score (nSPS) is 15.1. The van der Waals surface area contributed by atoms with Crippen molar-refractivity contribution in [2.24, 2.45) is 0 Å². The summed E-state index contributed by atoms with van der Waals surface area (Å²) in [6.45, 7) is 1.39. The first-order valence-electron chi connectivity index (χ1n) is 7.28. The van der Waals surface area contributed by atoms with E-state index in [9.17, 15) is 4.79 Å². The van der Waals surface area contributed by atoms with Crippen molar-refractivity contribution in [3.05, 3.63) is 58.4 Å². The summed E-state index contributed by atoms with van der Waals surface area (Å²) in [5.74, 6) is -0.000991. The number of benzene rings is 1. The van der Waals surface area contributed by atoms with Crippen molar-refractivity contribution in [1.82, 2.24) is 15.1 Å². The zero-order valence-corrected chi connectivity index (χ0v) is 12.8. The molecule has 0 fully saturated rings. The molecule has 1 N–H and O–H groups in total. The molecule has 4 nitrogen and oxygen atoms in total. The van der Waals surface area contributed by atoms with Gasteiger partial charge in [-0.15, -0.1) is 11.3 Å². The van der Waals surface area contributed by atoms with Crippen LogP contribution in [0, 0.1) is 0 Å². The van der Waals surface area contributed by atoms with Gasteiger partial charge >= 0.3 is 0 Å². The van der Waals surface area contributed by atoms with Crippen LogP contribution in [-0.4, -0.2) is 34.1 Å².